The second-order valence-electron chi connectivity index (χ2n) is 8.38. The molecule has 5 aromatic rings. The van der Waals surface area contributed by atoms with E-state index in [4.69, 9.17) is 4.98 Å². The summed E-state index contributed by atoms with van der Waals surface area (Å²) in [4.78, 5) is 30.1. The number of benzene rings is 2. The number of aromatic nitrogens is 4. The second kappa shape index (κ2) is 7.70. The predicted molar refractivity (Wildman–Crippen MR) is 127 cm³/mol. The molecule has 7 nitrogen and oxygen atoms in total. The lowest BCUT2D eigenvalue weighted by Gasteiger charge is -2.10. The number of amides is 1. The average Bonchev–Trinajstić information content (AvgIpc) is 3.63. The molecule has 0 bridgehead atoms. The Morgan fingerprint density at radius 1 is 0.970 bits per heavy atom. The number of nitrogens with zero attached hydrogens (tertiary/aromatic N) is 4. The summed E-state index contributed by atoms with van der Waals surface area (Å²) < 4.78 is 3.08. The molecule has 3 aromatic heterocycles. The fourth-order valence-electron chi connectivity index (χ4n) is 4.14. The van der Waals surface area contributed by atoms with Gasteiger partial charge in [-0.15, -0.1) is 0 Å². The van der Waals surface area contributed by atoms with Gasteiger partial charge >= 0.3 is 0 Å². The van der Waals surface area contributed by atoms with Crippen molar-refractivity contribution in [3.8, 4) is 11.3 Å². The van der Waals surface area contributed by atoms with Crippen LogP contribution in [0.2, 0.25) is 0 Å². The zero-order chi connectivity index (χ0) is 22.4. The van der Waals surface area contributed by atoms with Crippen molar-refractivity contribution >= 4 is 28.1 Å². The van der Waals surface area contributed by atoms with Crippen molar-refractivity contribution in [2.45, 2.75) is 25.3 Å². The van der Waals surface area contributed by atoms with Gasteiger partial charge < -0.3 is 5.32 Å². The van der Waals surface area contributed by atoms with Crippen LogP contribution in [0.4, 0.5) is 5.82 Å². The van der Waals surface area contributed by atoms with Crippen molar-refractivity contribution in [3.05, 3.63) is 95.0 Å². The molecule has 7 heteroatoms. The van der Waals surface area contributed by atoms with Crippen molar-refractivity contribution in [1.82, 2.24) is 19.2 Å². The van der Waals surface area contributed by atoms with Gasteiger partial charge in [0.25, 0.3) is 5.56 Å². The van der Waals surface area contributed by atoms with Crippen LogP contribution in [0.3, 0.4) is 0 Å². The third-order valence-electron chi connectivity index (χ3n) is 5.99. The van der Waals surface area contributed by atoms with Gasteiger partial charge in [-0.1, -0.05) is 42.5 Å². The molecular formula is C26H21N5O2. The molecule has 0 unspecified atom stereocenters. The topological polar surface area (TPSA) is 81.3 Å². The monoisotopic (exact) mass is 435 g/mol. The Morgan fingerprint density at radius 2 is 1.79 bits per heavy atom. The van der Waals surface area contributed by atoms with Crippen LogP contribution in [0.5, 0.6) is 0 Å². The highest BCUT2D eigenvalue weighted by Gasteiger charge is 2.26. The van der Waals surface area contributed by atoms with Crippen molar-refractivity contribution in [1.29, 1.82) is 0 Å². The number of hydrogen-bond donors (Lipinski definition) is 1. The maximum atomic E-state index is 13.0. The molecule has 0 atom stereocenters. The van der Waals surface area contributed by atoms with E-state index in [0.717, 1.165) is 40.5 Å². The Labute approximate surface area is 189 Å². The molecule has 1 saturated carbocycles. The van der Waals surface area contributed by atoms with Crippen LogP contribution in [0, 0.1) is 0 Å². The molecule has 0 aliphatic heterocycles. The molecule has 6 rings (SSSR count). The van der Waals surface area contributed by atoms with Crippen molar-refractivity contribution in [2.75, 3.05) is 5.32 Å². The molecule has 162 valence electrons. The summed E-state index contributed by atoms with van der Waals surface area (Å²) in [6, 6.07) is 23.2. The Hall–Kier alpha value is -4.26. The SMILES string of the molecule is O=C(Cn1nc(C2CC2)ccc1=O)Nc1c(-c2ccc3ccccc3c2)nc2ccccn12. The van der Waals surface area contributed by atoms with Crippen LogP contribution in [-0.2, 0) is 11.3 Å². The smallest absolute Gasteiger partial charge is 0.267 e. The van der Waals surface area contributed by atoms with Gasteiger partial charge in [0.2, 0.25) is 5.91 Å². The summed E-state index contributed by atoms with van der Waals surface area (Å²) in [6.07, 6.45) is 4.02. The number of carbonyl (C=O) groups excluding carboxylic acids is 1. The summed E-state index contributed by atoms with van der Waals surface area (Å²) in [5.74, 6) is 0.640. The van der Waals surface area contributed by atoms with E-state index in [1.807, 2.05) is 53.1 Å². The predicted octanol–water partition coefficient (Wildman–Crippen LogP) is 4.23. The fraction of sp³-hybridized carbons (Fsp3) is 0.154. The van der Waals surface area contributed by atoms with Crippen LogP contribution in [0.1, 0.15) is 24.5 Å². The van der Waals surface area contributed by atoms with Crippen molar-refractivity contribution in [2.24, 2.45) is 0 Å². The number of carbonyl (C=O) groups is 1. The number of pyridine rings is 1. The van der Waals surface area contributed by atoms with Gasteiger partial charge in [-0.3, -0.25) is 14.0 Å². The van der Waals surface area contributed by atoms with E-state index in [2.05, 4.69) is 28.6 Å². The first-order chi connectivity index (χ1) is 16.2. The molecule has 0 saturated heterocycles. The Morgan fingerprint density at radius 3 is 2.64 bits per heavy atom. The number of hydrogen-bond acceptors (Lipinski definition) is 4. The van der Waals surface area contributed by atoms with Crippen LogP contribution in [0.15, 0.2) is 83.8 Å². The molecular weight excluding hydrogens is 414 g/mol. The fourth-order valence-corrected chi connectivity index (χ4v) is 4.14. The first-order valence-electron chi connectivity index (χ1n) is 11.0. The Kier molecular flexibility index (Phi) is 4.54. The first kappa shape index (κ1) is 19.4. The highest BCUT2D eigenvalue weighted by molar-refractivity contribution is 5.96. The van der Waals surface area contributed by atoms with E-state index in [1.165, 1.54) is 10.7 Å². The number of imidazole rings is 1. The van der Waals surface area contributed by atoms with E-state index in [1.54, 1.807) is 6.07 Å². The van der Waals surface area contributed by atoms with Crippen LogP contribution in [0.25, 0.3) is 27.7 Å². The number of anilines is 1. The minimum atomic E-state index is -0.328. The minimum absolute atomic E-state index is 0.156. The molecule has 1 aliphatic carbocycles. The summed E-state index contributed by atoms with van der Waals surface area (Å²) in [6.45, 7) is -0.156. The Balaban J connectivity index is 1.37. The van der Waals surface area contributed by atoms with E-state index >= 15 is 0 Å². The minimum Gasteiger partial charge on any atom is -0.308 e. The largest absolute Gasteiger partial charge is 0.308 e. The lowest BCUT2D eigenvalue weighted by Crippen LogP contribution is -2.30. The maximum Gasteiger partial charge on any atom is 0.267 e. The standard InChI is InChI=1S/C26H21N5O2/c32-23(16-31-24(33)13-12-21(29-31)18-9-10-18)28-26-25(27-22-7-3-4-14-30(22)26)20-11-8-17-5-1-2-6-19(17)15-20/h1-8,11-15,18H,9-10,16H2,(H,28,32). The highest BCUT2D eigenvalue weighted by Crippen LogP contribution is 2.38. The Bertz CT molecular complexity index is 1580. The molecule has 1 amide bonds. The van der Waals surface area contributed by atoms with Crippen molar-refractivity contribution in [3.63, 3.8) is 0 Å². The van der Waals surface area contributed by atoms with Gasteiger partial charge in [0.1, 0.15) is 23.7 Å². The van der Waals surface area contributed by atoms with Gasteiger partial charge in [-0.05, 0) is 47.9 Å². The average molecular weight is 435 g/mol. The third kappa shape index (κ3) is 3.67. The van der Waals surface area contributed by atoms with E-state index in [0.29, 0.717) is 17.4 Å². The van der Waals surface area contributed by atoms with E-state index in [-0.39, 0.29) is 18.0 Å². The molecule has 1 N–H and O–H groups in total. The van der Waals surface area contributed by atoms with Gasteiger partial charge in [0.05, 0.1) is 5.69 Å². The molecule has 1 fully saturated rings. The molecule has 3 heterocycles. The summed E-state index contributed by atoms with van der Waals surface area (Å²) >= 11 is 0. The number of fused-ring (bicyclic) bond motifs is 2. The van der Waals surface area contributed by atoms with Crippen molar-refractivity contribution < 1.29 is 4.79 Å². The summed E-state index contributed by atoms with van der Waals surface area (Å²) in [5, 5.41) is 9.61. The van der Waals surface area contributed by atoms with Crippen LogP contribution < -0.4 is 10.9 Å². The van der Waals surface area contributed by atoms with Gasteiger partial charge in [-0.25, -0.2) is 9.67 Å². The maximum absolute atomic E-state index is 13.0. The quantitative estimate of drug-likeness (QED) is 0.448. The molecule has 0 spiro atoms. The molecule has 33 heavy (non-hydrogen) atoms. The van der Waals surface area contributed by atoms with Crippen LogP contribution >= 0.6 is 0 Å². The number of nitrogens with one attached hydrogen (secondary N) is 1. The van der Waals surface area contributed by atoms with Gasteiger partial charge in [-0.2, -0.15) is 5.10 Å². The lowest BCUT2D eigenvalue weighted by atomic mass is 10.1. The zero-order valence-electron chi connectivity index (χ0n) is 17.8. The number of rotatable bonds is 5. The van der Waals surface area contributed by atoms with E-state index in [9.17, 15) is 9.59 Å². The highest BCUT2D eigenvalue weighted by atomic mass is 16.2. The third-order valence-corrected chi connectivity index (χ3v) is 5.99. The molecule has 2 aromatic carbocycles. The zero-order valence-corrected chi connectivity index (χ0v) is 17.8. The van der Waals surface area contributed by atoms with Gasteiger partial charge in [0.15, 0.2) is 0 Å². The summed E-state index contributed by atoms with van der Waals surface area (Å²) in [5.41, 5.74) is 2.88. The normalized spacial score (nSPS) is 13.5. The van der Waals surface area contributed by atoms with E-state index < -0.39 is 0 Å². The van der Waals surface area contributed by atoms with Gasteiger partial charge in [0, 0.05) is 23.7 Å². The summed E-state index contributed by atoms with van der Waals surface area (Å²) in [7, 11) is 0. The van der Waals surface area contributed by atoms with Crippen LogP contribution in [-0.4, -0.2) is 25.1 Å². The second-order valence-corrected chi connectivity index (χ2v) is 8.38. The molecule has 1 aliphatic rings. The molecule has 0 radical (unpaired) electrons. The lowest BCUT2D eigenvalue weighted by molar-refractivity contribution is -0.117. The first-order valence-corrected chi connectivity index (χ1v) is 11.0.